The average molecular weight is 340 g/mol. The summed E-state index contributed by atoms with van der Waals surface area (Å²) in [7, 11) is 3.06. The predicted octanol–water partition coefficient (Wildman–Crippen LogP) is 2.75. The van der Waals surface area contributed by atoms with Crippen molar-refractivity contribution in [2.24, 2.45) is 0 Å². The summed E-state index contributed by atoms with van der Waals surface area (Å²) in [6.07, 6.45) is -3.30. The number of halogens is 4. The molecule has 1 aromatic heterocycles. The third-order valence-corrected chi connectivity index (χ3v) is 2.76. The number of carbonyl (C=O) groups excluding carboxylic acids is 1. The van der Waals surface area contributed by atoms with Crippen LogP contribution in [0.2, 0.25) is 0 Å². The van der Waals surface area contributed by atoms with Gasteiger partial charge in [-0.1, -0.05) is 0 Å². The molecule has 4 nitrogen and oxygen atoms in total. The van der Waals surface area contributed by atoms with Crippen LogP contribution in [0.15, 0.2) is 16.7 Å². The van der Waals surface area contributed by atoms with Crippen molar-refractivity contribution in [3.8, 4) is 0 Å². The van der Waals surface area contributed by atoms with Crippen LogP contribution in [0.1, 0.15) is 12.5 Å². The zero-order chi connectivity index (χ0) is 14.8. The SMILES string of the molecule is CC(Nc1ncc(Br)cc1C(F)(F)F)C(=O)N(C)C. The van der Waals surface area contributed by atoms with Crippen molar-refractivity contribution in [2.45, 2.75) is 19.1 Å². The van der Waals surface area contributed by atoms with Crippen LogP contribution in [0, 0.1) is 0 Å². The Morgan fingerprint density at radius 1 is 1.47 bits per heavy atom. The summed E-state index contributed by atoms with van der Waals surface area (Å²) in [5.41, 5.74) is -0.916. The molecule has 0 saturated heterocycles. The summed E-state index contributed by atoms with van der Waals surface area (Å²) in [6, 6.07) is 0.118. The first kappa shape index (κ1) is 15.7. The maximum absolute atomic E-state index is 12.8. The zero-order valence-electron chi connectivity index (χ0n) is 10.5. The number of amides is 1. The maximum Gasteiger partial charge on any atom is 0.419 e. The van der Waals surface area contributed by atoms with E-state index in [-0.39, 0.29) is 16.2 Å². The summed E-state index contributed by atoms with van der Waals surface area (Å²) in [5.74, 6) is -0.698. The predicted molar refractivity (Wildman–Crippen MR) is 68.7 cm³/mol. The Bertz CT molecular complexity index is 477. The van der Waals surface area contributed by atoms with Crippen LogP contribution >= 0.6 is 15.9 Å². The summed E-state index contributed by atoms with van der Waals surface area (Å²) < 4.78 is 38.7. The lowest BCUT2D eigenvalue weighted by Gasteiger charge is -2.20. The van der Waals surface area contributed by atoms with Crippen LogP contribution in [-0.2, 0) is 11.0 Å². The Morgan fingerprint density at radius 2 is 2.05 bits per heavy atom. The number of hydrogen-bond donors (Lipinski definition) is 1. The van der Waals surface area contributed by atoms with Crippen LogP contribution in [0.5, 0.6) is 0 Å². The topological polar surface area (TPSA) is 45.2 Å². The molecule has 8 heteroatoms. The second kappa shape index (κ2) is 5.77. The highest BCUT2D eigenvalue weighted by Crippen LogP contribution is 2.35. The number of alkyl halides is 3. The first-order chi connectivity index (χ1) is 8.62. The van der Waals surface area contributed by atoms with Crippen LogP contribution in [0.3, 0.4) is 0 Å². The van der Waals surface area contributed by atoms with E-state index < -0.39 is 17.8 Å². The molecule has 1 rings (SSSR count). The molecule has 106 valence electrons. The number of rotatable bonds is 3. The van der Waals surface area contributed by atoms with Crippen LogP contribution in [0.4, 0.5) is 19.0 Å². The summed E-state index contributed by atoms with van der Waals surface area (Å²) in [5, 5.41) is 2.48. The first-order valence-electron chi connectivity index (χ1n) is 5.33. The van der Waals surface area contributed by atoms with Crippen molar-refractivity contribution in [3.05, 3.63) is 22.3 Å². The number of hydrogen-bond acceptors (Lipinski definition) is 3. The van der Waals surface area contributed by atoms with Crippen LogP contribution in [-0.4, -0.2) is 35.9 Å². The van der Waals surface area contributed by atoms with E-state index in [1.165, 1.54) is 32.1 Å². The zero-order valence-corrected chi connectivity index (χ0v) is 12.1. The van der Waals surface area contributed by atoms with Crippen molar-refractivity contribution in [1.29, 1.82) is 0 Å². The van der Waals surface area contributed by atoms with Crippen molar-refractivity contribution in [1.82, 2.24) is 9.88 Å². The van der Waals surface area contributed by atoms with Gasteiger partial charge in [-0.05, 0) is 28.9 Å². The highest BCUT2D eigenvalue weighted by molar-refractivity contribution is 9.10. The Balaban J connectivity index is 3.05. The fourth-order valence-electron chi connectivity index (χ4n) is 1.42. The highest BCUT2D eigenvalue weighted by atomic mass is 79.9. The summed E-state index contributed by atoms with van der Waals surface area (Å²) in [4.78, 5) is 16.6. The Kier molecular flexibility index (Phi) is 4.78. The van der Waals surface area contributed by atoms with Crippen molar-refractivity contribution >= 4 is 27.7 Å². The van der Waals surface area contributed by atoms with Gasteiger partial charge in [-0.2, -0.15) is 13.2 Å². The summed E-state index contributed by atoms with van der Waals surface area (Å²) in [6.45, 7) is 1.48. The van der Waals surface area contributed by atoms with Gasteiger partial charge in [0.2, 0.25) is 5.91 Å². The monoisotopic (exact) mass is 339 g/mol. The van der Waals surface area contributed by atoms with Gasteiger partial charge < -0.3 is 10.2 Å². The molecule has 0 aliphatic heterocycles. The van der Waals surface area contributed by atoms with E-state index in [1.807, 2.05) is 0 Å². The van der Waals surface area contributed by atoms with E-state index in [4.69, 9.17) is 0 Å². The molecule has 19 heavy (non-hydrogen) atoms. The van der Waals surface area contributed by atoms with Gasteiger partial charge in [0, 0.05) is 24.8 Å². The van der Waals surface area contributed by atoms with Crippen molar-refractivity contribution in [3.63, 3.8) is 0 Å². The van der Waals surface area contributed by atoms with E-state index >= 15 is 0 Å². The number of nitrogens with one attached hydrogen (secondary N) is 1. The molecule has 0 bridgehead atoms. The number of carbonyl (C=O) groups is 1. The second-order valence-corrected chi connectivity index (χ2v) is 5.06. The minimum absolute atomic E-state index is 0.219. The van der Waals surface area contributed by atoms with Gasteiger partial charge in [-0.3, -0.25) is 4.79 Å². The van der Waals surface area contributed by atoms with Gasteiger partial charge in [-0.15, -0.1) is 0 Å². The van der Waals surface area contributed by atoms with E-state index in [0.717, 1.165) is 6.07 Å². The number of nitrogens with zero attached hydrogens (tertiary/aromatic N) is 2. The van der Waals surface area contributed by atoms with Gasteiger partial charge in [0.05, 0.1) is 5.56 Å². The standard InChI is InChI=1S/C11H13BrF3N3O/c1-6(10(19)18(2)3)17-9-8(11(13,14)15)4-7(12)5-16-9/h4-6H,1-3H3,(H,16,17). The van der Waals surface area contributed by atoms with E-state index in [2.05, 4.69) is 26.2 Å². The number of anilines is 1. The fraction of sp³-hybridized carbons (Fsp3) is 0.455. The van der Waals surface area contributed by atoms with Crippen molar-refractivity contribution < 1.29 is 18.0 Å². The van der Waals surface area contributed by atoms with E-state index in [0.29, 0.717) is 0 Å². The Hall–Kier alpha value is -1.31. The molecule has 0 radical (unpaired) electrons. The van der Waals surface area contributed by atoms with Crippen molar-refractivity contribution in [2.75, 3.05) is 19.4 Å². The third kappa shape index (κ3) is 4.09. The van der Waals surface area contributed by atoms with Gasteiger partial charge in [0.1, 0.15) is 11.9 Å². The quantitative estimate of drug-likeness (QED) is 0.920. The minimum Gasteiger partial charge on any atom is -0.358 e. The normalized spacial score (nSPS) is 13.0. The smallest absolute Gasteiger partial charge is 0.358 e. The third-order valence-electron chi connectivity index (χ3n) is 2.32. The Morgan fingerprint density at radius 3 is 2.53 bits per heavy atom. The molecule has 0 aliphatic carbocycles. The van der Waals surface area contributed by atoms with Crippen LogP contribution in [0.25, 0.3) is 0 Å². The lowest BCUT2D eigenvalue weighted by Crippen LogP contribution is -2.37. The van der Waals surface area contributed by atoms with E-state index in [1.54, 1.807) is 0 Å². The molecular weight excluding hydrogens is 327 g/mol. The average Bonchev–Trinajstić information content (AvgIpc) is 2.28. The molecule has 0 aliphatic rings. The lowest BCUT2D eigenvalue weighted by atomic mass is 10.2. The molecule has 1 unspecified atom stereocenters. The Labute approximate surface area is 117 Å². The molecule has 0 aromatic carbocycles. The number of pyridine rings is 1. The number of likely N-dealkylation sites (N-methyl/N-ethyl adjacent to an activating group) is 1. The van der Waals surface area contributed by atoms with Gasteiger partial charge in [0.15, 0.2) is 0 Å². The molecule has 0 spiro atoms. The maximum atomic E-state index is 12.8. The molecule has 0 saturated carbocycles. The van der Waals surface area contributed by atoms with E-state index in [9.17, 15) is 18.0 Å². The van der Waals surface area contributed by atoms with Gasteiger partial charge >= 0.3 is 6.18 Å². The number of aromatic nitrogens is 1. The largest absolute Gasteiger partial charge is 0.419 e. The first-order valence-corrected chi connectivity index (χ1v) is 6.12. The van der Waals surface area contributed by atoms with Gasteiger partial charge in [0.25, 0.3) is 0 Å². The second-order valence-electron chi connectivity index (χ2n) is 4.15. The molecule has 0 fully saturated rings. The molecule has 1 amide bonds. The molecule has 1 aromatic rings. The molecular formula is C11H13BrF3N3O. The highest BCUT2D eigenvalue weighted by Gasteiger charge is 2.35. The summed E-state index contributed by atoms with van der Waals surface area (Å²) >= 11 is 2.94. The molecule has 1 atom stereocenters. The molecule has 1 heterocycles. The fourth-order valence-corrected chi connectivity index (χ4v) is 1.76. The minimum atomic E-state index is -4.54. The molecule has 1 N–H and O–H groups in total. The lowest BCUT2D eigenvalue weighted by molar-refractivity contribution is -0.137. The van der Waals surface area contributed by atoms with Crippen LogP contribution < -0.4 is 5.32 Å². The van der Waals surface area contributed by atoms with Gasteiger partial charge in [-0.25, -0.2) is 4.98 Å².